The van der Waals surface area contributed by atoms with Gasteiger partial charge < -0.3 is 33.5 Å². The molecule has 0 spiro atoms. The predicted octanol–water partition coefficient (Wildman–Crippen LogP) is 7.25. The Labute approximate surface area is 328 Å². The maximum absolute atomic E-state index is 12.2. The van der Waals surface area contributed by atoms with Gasteiger partial charge in [-0.2, -0.15) is 0 Å². The van der Waals surface area contributed by atoms with Crippen molar-refractivity contribution in [3.05, 3.63) is 11.6 Å². The molecule has 1 N–H and O–H groups in total. The normalized spacial score (nSPS) is 46.0. The van der Waals surface area contributed by atoms with Crippen LogP contribution in [0.25, 0.3) is 0 Å². The minimum absolute atomic E-state index is 0.0194. The van der Waals surface area contributed by atoms with Crippen molar-refractivity contribution in [1.29, 1.82) is 0 Å². The number of rotatable bonds is 8. The third-order valence-corrected chi connectivity index (χ3v) is 16.5. The molecule has 11 nitrogen and oxygen atoms in total. The molecule has 5 aliphatic carbocycles. The fraction of sp³-hybridized carbons (Fsp3) is 0.864. The second-order valence-corrected chi connectivity index (χ2v) is 20.3. The van der Waals surface area contributed by atoms with E-state index in [2.05, 4.69) is 54.5 Å². The Kier molecular flexibility index (Phi) is 11.3. The Hall–Kier alpha value is -2.50. The highest BCUT2D eigenvalue weighted by atomic mass is 16.7. The molecule has 0 radical (unpaired) electrons. The van der Waals surface area contributed by atoms with Crippen molar-refractivity contribution in [2.75, 3.05) is 13.2 Å². The summed E-state index contributed by atoms with van der Waals surface area (Å²) >= 11 is 0. The molecule has 6 rings (SSSR count). The lowest BCUT2D eigenvalue weighted by molar-refractivity contribution is -0.332. The molecule has 1 saturated heterocycles. The number of aliphatic hydroxyl groups excluding tert-OH is 1. The first kappa shape index (κ1) is 42.1. The highest BCUT2D eigenvalue weighted by Crippen LogP contribution is 2.76. The lowest BCUT2D eigenvalue weighted by atomic mass is 9.33. The second-order valence-electron chi connectivity index (χ2n) is 20.3. The van der Waals surface area contributed by atoms with E-state index < -0.39 is 48.6 Å². The van der Waals surface area contributed by atoms with Crippen LogP contribution in [0.3, 0.4) is 0 Å². The zero-order valence-electron chi connectivity index (χ0n) is 35.3. The molecular weight excluding hydrogens is 704 g/mol. The molecular formula is C44H68O11. The van der Waals surface area contributed by atoms with Crippen LogP contribution >= 0.6 is 0 Å². The number of aliphatic hydroxyl groups is 1. The predicted molar refractivity (Wildman–Crippen MR) is 203 cm³/mol. The maximum Gasteiger partial charge on any atom is 0.303 e. The quantitative estimate of drug-likeness (QED) is 0.115. The zero-order valence-corrected chi connectivity index (χ0v) is 35.3. The van der Waals surface area contributed by atoms with Crippen molar-refractivity contribution in [2.45, 2.75) is 177 Å². The largest absolute Gasteiger partial charge is 0.465 e. The van der Waals surface area contributed by atoms with Gasteiger partial charge >= 0.3 is 23.9 Å². The maximum atomic E-state index is 12.2. The Morgan fingerprint density at radius 1 is 0.764 bits per heavy atom. The van der Waals surface area contributed by atoms with E-state index in [1.54, 1.807) is 5.57 Å². The van der Waals surface area contributed by atoms with Crippen molar-refractivity contribution in [2.24, 2.45) is 50.2 Å². The van der Waals surface area contributed by atoms with Gasteiger partial charge in [0.2, 0.25) is 0 Å². The Bertz CT molecular complexity index is 1560. The minimum Gasteiger partial charge on any atom is -0.465 e. The number of hydrogen-bond acceptors (Lipinski definition) is 11. The molecule has 4 saturated carbocycles. The number of fused-ring (bicyclic) bond motifs is 7. The summed E-state index contributed by atoms with van der Waals surface area (Å²) in [5, 5.41) is 11.6. The second kappa shape index (κ2) is 14.7. The third-order valence-electron chi connectivity index (χ3n) is 16.5. The van der Waals surface area contributed by atoms with E-state index in [0.29, 0.717) is 24.4 Å². The molecule has 0 bridgehead atoms. The lowest BCUT2D eigenvalue weighted by Gasteiger charge is -2.71. The number of carbonyl (C=O) groups is 4. The zero-order chi connectivity index (χ0) is 40.5. The summed E-state index contributed by atoms with van der Waals surface area (Å²) < 4.78 is 34.9. The van der Waals surface area contributed by atoms with E-state index in [0.717, 1.165) is 51.4 Å². The first-order valence-electron chi connectivity index (χ1n) is 20.8. The number of esters is 4. The Morgan fingerprint density at radius 2 is 1.40 bits per heavy atom. The van der Waals surface area contributed by atoms with E-state index in [1.165, 1.54) is 40.5 Å². The molecule has 14 atom stereocenters. The molecule has 0 amide bonds. The van der Waals surface area contributed by atoms with Crippen LogP contribution in [-0.2, 0) is 47.6 Å². The van der Waals surface area contributed by atoms with Crippen molar-refractivity contribution in [3.63, 3.8) is 0 Å². The molecule has 0 aromatic carbocycles. The first-order valence-corrected chi connectivity index (χ1v) is 20.8. The van der Waals surface area contributed by atoms with Crippen molar-refractivity contribution in [3.8, 4) is 0 Å². The smallest absolute Gasteiger partial charge is 0.303 e. The van der Waals surface area contributed by atoms with Gasteiger partial charge in [-0.15, -0.1) is 0 Å². The van der Waals surface area contributed by atoms with Crippen LogP contribution in [0.2, 0.25) is 0 Å². The average Bonchev–Trinajstić information content (AvgIpc) is 3.08. The molecule has 0 aromatic heterocycles. The van der Waals surface area contributed by atoms with Gasteiger partial charge in [0.1, 0.15) is 18.8 Å². The summed E-state index contributed by atoms with van der Waals surface area (Å²) in [5.74, 6) is -0.767. The van der Waals surface area contributed by atoms with Crippen molar-refractivity contribution >= 4 is 23.9 Å². The SMILES string of the molecule is CC(=O)OC[C@H]1O[C@@H](O[C@H]2CC[C@]3(C)[C@H]4CC=C5[C@@H]6C[C@@](C)(COC(C)=O)CC[C@]6(C)CC[C@@]5(C)[C@]4(C)CC[C@H]3C2(C)C)[C@H](O)[C@@H](OC(C)=O)[C@@H]1OC(C)=O. The van der Waals surface area contributed by atoms with Gasteiger partial charge in [0.25, 0.3) is 0 Å². The molecule has 0 unspecified atom stereocenters. The Balaban J connectivity index is 1.25. The molecule has 1 heterocycles. The van der Waals surface area contributed by atoms with Crippen LogP contribution in [0.5, 0.6) is 0 Å². The standard InChI is InChI=1S/C44H68O11/c1-25(45)50-23-31-36(52-27(3)47)37(53-28(4)48)35(49)38(54-31)55-34-15-16-42(9)32(39(34,5)6)14-17-44(11)33(42)13-12-29-30-22-40(7,24-51-26(2)46)18-19-41(30,8)20-21-43(29,44)10/h12,30-38,49H,13-24H2,1-11H3/t30-,31+,32-,33+,34-,35+,36+,37+,38-,40-,41+,42-,43+,44+/m0/s1. The molecule has 0 aromatic rings. The van der Waals surface area contributed by atoms with Crippen LogP contribution in [0.1, 0.15) is 140 Å². The van der Waals surface area contributed by atoms with Gasteiger partial charge in [-0.3, -0.25) is 19.2 Å². The monoisotopic (exact) mass is 772 g/mol. The third kappa shape index (κ3) is 7.30. The van der Waals surface area contributed by atoms with Gasteiger partial charge in [-0.05, 0) is 109 Å². The van der Waals surface area contributed by atoms with E-state index in [-0.39, 0.29) is 51.2 Å². The number of hydrogen-bond donors (Lipinski definition) is 1. The summed E-state index contributed by atoms with van der Waals surface area (Å²) in [6.45, 7) is 22.5. The number of ether oxygens (including phenoxy) is 6. The lowest BCUT2D eigenvalue weighted by Crippen LogP contribution is -2.66. The van der Waals surface area contributed by atoms with Crippen LogP contribution < -0.4 is 0 Å². The topological polar surface area (TPSA) is 144 Å². The molecule has 11 heteroatoms. The van der Waals surface area contributed by atoms with Crippen LogP contribution in [0.15, 0.2) is 11.6 Å². The summed E-state index contributed by atoms with van der Waals surface area (Å²) in [6, 6.07) is 0. The van der Waals surface area contributed by atoms with Gasteiger partial charge in [0.15, 0.2) is 18.5 Å². The van der Waals surface area contributed by atoms with E-state index in [4.69, 9.17) is 28.4 Å². The fourth-order valence-electron chi connectivity index (χ4n) is 13.2. The van der Waals surface area contributed by atoms with E-state index in [9.17, 15) is 24.3 Å². The molecule has 1 aliphatic heterocycles. The summed E-state index contributed by atoms with van der Waals surface area (Å²) in [7, 11) is 0. The first-order chi connectivity index (χ1) is 25.5. The number of allylic oxidation sites excluding steroid dienone is 2. The van der Waals surface area contributed by atoms with Gasteiger partial charge in [-0.1, -0.05) is 60.1 Å². The van der Waals surface area contributed by atoms with Gasteiger partial charge in [0.05, 0.1) is 12.7 Å². The van der Waals surface area contributed by atoms with Crippen LogP contribution in [-0.4, -0.2) is 79.0 Å². The molecule has 55 heavy (non-hydrogen) atoms. The highest BCUT2D eigenvalue weighted by molar-refractivity contribution is 5.68. The minimum atomic E-state index is -1.45. The van der Waals surface area contributed by atoms with Gasteiger partial charge in [0, 0.05) is 33.1 Å². The van der Waals surface area contributed by atoms with E-state index >= 15 is 0 Å². The highest BCUT2D eigenvalue weighted by Gasteiger charge is 2.68. The summed E-state index contributed by atoms with van der Waals surface area (Å²) in [5.41, 5.74) is 1.84. The molecule has 6 aliphatic rings. The summed E-state index contributed by atoms with van der Waals surface area (Å²) in [6.07, 6.45) is 6.84. The van der Waals surface area contributed by atoms with E-state index in [1.807, 2.05) is 0 Å². The number of carbonyl (C=O) groups excluding carboxylic acids is 4. The van der Waals surface area contributed by atoms with Crippen LogP contribution in [0, 0.1) is 50.2 Å². The summed E-state index contributed by atoms with van der Waals surface area (Å²) in [4.78, 5) is 47.9. The average molecular weight is 773 g/mol. The van der Waals surface area contributed by atoms with Gasteiger partial charge in [-0.25, -0.2) is 0 Å². The fourth-order valence-corrected chi connectivity index (χ4v) is 13.2. The van der Waals surface area contributed by atoms with Crippen LogP contribution in [0.4, 0.5) is 0 Å². The molecule has 310 valence electrons. The van der Waals surface area contributed by atoms with Crippen molar-refractivity contribution in [1.82, 2.24) is 0 Å². The van der Waals surface area contributed by atoms with Crippen molar-refractivity contribution < 1.29 is 52.7 Å². The molecule has 5 fully saturated rings. The Morgan fingerprint density at radius 3 is 2.04 bits per heavy atom.